The van der Waals surface area contributed by atoms with Crippen LogP contribution in [0.1, 0.15) is 16.7 Å². The van der Waals surface area contributed by atoms with Gasteiger partial charge in [0.15, 0.2) is 0 Å². The maximum Gasteiger partial charge on any atom is 0.0555 e. The van der Waals surface area contributed by atoms with Gasteiger partial charge in [0.2, 0.25) is 0 Å². The van der Waals surface area contributed by atoms with Gasteiger partial charge in [0.1, 0.15) is 0 Å². The lowest BCUT2D eigenvalue weighted by Gasteiger charge is -2.17. The van der Waals surface area contributed by atoms with Gasteiger partial charge < -0.3 is 5.73 Å². The number of benzene rings is 2. The van der Waals surface area contributed by atoms with Crippen molar-refractivity contribution < 1.29 is 0 Å². The number of halogens is 1. The van der Waals surface area contributed by atoms with Gasteiger partial charge in [-0.2, -0.15) is 0 Å². The minimum atomic E-state index is 0.388. The molecule has 0 amide bonds. The average Bonchev–Trinajstić information content (AvgIpc) is 2.45. The summed E-state index contributed by atoms with van der Waals surface area (Å²) in [7, 11) is 2.10. The Balaban J connectivity index is 2.00. The first-order chi connectivity index (χ1) is 10.2. The van der Waals surface area contributed by atoms with E-state index in [0.29, 0.717) is 6.54 Å². The van der Waals surface area contributed by atoms with Crippen LogP contribution in [0.5, 0.6) is 0 Å². The molecule has 2 N–H and O–H groups in total. The summed E-state index contributed by atoms with van der Waals surface area (Å²) in [6.07, 6.45) is 0. The molecule has 3 heteroatoms. The molecule has 0 saturated carbocycles. The van der Waals surface area contributed by atoms with E-state index in [-0.39, 0.29) is 0 Å². The number of hydrogen-bond donors (Lipinski definition) is 1. The topological polar surface area (TPSA) is 29.3 Å². The molecule has 0 heterocycles. The van der Waals surface area contributed by atoms with Gasteiger partial charge in [-0.25, -0.2) is 0 Å². The Hall–Kier alpha value is -1.79. The van der Waals surface area contributed by atoms with E-state index in [4.69, 9.17) is 17.3 Å². The summed E-state index contributed by atoms with van der Waals surface area (Å²) in [6, 6.07) is 16.2. The molecule has 0 spiro atoms. The SMILES string of the molecule is CN(Cc1cccc(Cl)c1)Cc1cccc(C#CCN)c1. The summed E-state index contributed by atoms with van der Waals surface area (Å²) in [5, 5.41) is 0.778. The molecule has 0 aliphatic heterocycles. The van der Waals surface area contributed by atoms with Gasteiger partial charge >= 0.3 is 0 Å². The Morgan fingerprint density at radius 2 is 1.71 bits per heavy atom. The van der Waals surface area contributed by atoms with Crippen molar-refractivity contribution in [3.8, 4) is 11.8 Å². The highest BCUT2D eigenvalue weighted by atomic mass is 35.5. The van der Waals surface area contributed by atoms with E-state index in [2.05, 4.69) is 42.0 Å². The maximum absolute atomic E-state index is 6.01. The number of nitrogens with zero attached hydrogens (tertiary/aromatic N) is 1. The maximum atomic E-state index is 6.01. The molecule has 0 aliphatic carbocycles. The van der Waals surface area contributed by atoms with E-state index < -0.39 is 0 Å². The molecule has 2 nitrogen and oxygen atoms in total. The fourth-order valence-corrected chi connectivity index (χ4v) is 2.43. The van der Waals surface area contributed by atoms with Crippen molar-refractivity contribution in [3.63, 3.8) is 0 Å². The average molecular weight is 299 g/mol. The molecule has 0 atom stereocenters. The van der Waals surface area contributed by atoms with Crippen molar-refractivity contribution in [2.75, 3.05) is 13.6 Å². The molecule has 0 radical (unpaired) electrons. The molecule has 2 rings (SSSR count). The van der Waals surface area contributed by atoms with Gasteiger partial charge in [0.25, 0.3) is 0 Å². The molecule has 0 bridgehead atoms. The summed E-state index contributed by atoms with van der Waals surface area (Å²) in [6.45, 7) is 2.11. The highest BCUT2D eigenvalue weighted by molar-refractivity contribution is 6.30. The van der Waals surface area contributed by atoms with Gasteiger partial charge in [0.05, 0.1) is 6.54 Å². The quantitative estimate of drug-likeness (QED) is 0.878. The van der Waals surface area contributed by atoms with Crippen molar-refractivity contribution in [2.45, 2.75) is 13.1 Å². The van der Waals surface area contributed by atoms with E-state index in [0.717, 1.165) is 23.7 Å². The van der Waals surface area contributed by atoms with Crippen molar-refractivity contribution in [1.29, 1.82) is 0 Å². The van der Waals surface area contributed by atoms with Crippen molar-refractivity contribution in [1.82, 2.24) is 4.90 Å². The van der Waals surface area contributed by atoms with Crippen LogP contribution in [0.2, 0.25) is 5.02 Å². The van der Waals surface area contributed by atoms with Crippen LogP contribution in [-0.4, -0.2) is 18.5 Å². The Morgan fingerprint density at radius 3 is 2.38 bits per heavy atom. The van der Waals surface area contributed by atoms with Crippen LogP contribution in [0.3, 0.4) is 0 Å². The predicted molar refractivity (Wildman–Crippen MR) is 89.0 cm³/mol. The molecule has 0 unspecified atom stereocenters. The van der Waals surface area contributed by atoms with Gasteiger partial charge in [-0.15, -0.1) is 0 Å². The van der Waals surface area contributed by atoms with Crippen LogP contribution < -0.4 is 5.73 Å². The van der Waals surface area contributed by atoms with Crippen LogP contribution in [0, 0.1) is 11.8 Å². The highest BCUT2D eigenvalue weighted by Crippen LogP contribution is 2.14. The second-order valence-corrected chi connectivity index (χ2v) is 5.44. The van der Waals surface area contributed by atoms with E-state index in [9.17, 15) is 0 Å². The van der Waals surface area contributed by atoms with Crippen LogP contribution in [0.15, 0.2) is 48.5 Å². The molecule has 2 aromatic carbocycles. The Kier molecular flexibility index (Phi) is 5.83. The fraction of sp³-hybridized carbons (Fsp3) is 0.222. The van der Waals surface area contributed by atoms with Gasteiger partial charge in [-0.1, -0.05) is 47.7 Å². The van der Waals surface area contributed by atoms with Gasteiger partial charge in [-0.3, -0.25) is 4.90 Å². The van der Waals surface area contributed by atoms with Gasteiger partial charge in [0, 0.05) is 23.7 Å². The first kappa shape index (κ1) is 15.6. The zero-order valence-corrected chi connectivity index (χ0v) is 12.9. The minimum Gasteiger partial charge on any atom is -0.320 e. The summed E-state index contributed by atoms with van der Waals surface area (Å²) in [4.78, 5) is 2.25. The largest absolute Gasteiger partial charge is 0.320 e. The molecular weight excluding hydrogens is 280 g/mol. The summed E-state index contributed by atoms with van der Waals surface area (Å²) >= 11 is 6.01. The third kappa shape index (κ3) is 5.24. The van der Waals surface area contributed by atoms with Crippen molar-refractivity contribution >= 4 is 11.6 Å². The van der Waals surface area contributed by atoms with Crippen LogP contribution in [0.25, 0.3) is 0 Å². The zero-order valence-electron chi connectivity index (χ0n) is 12.1. The zero-order chi connectivity index (χ0) is 15.1. The fourth-order valence-electron chi connectivity index (χ4n) is 2.22. The number of rotatable bonds is 4. The summed E-state index contributed by atoms with van der Waals surface area (Å²) < 4.78 is 0. The number of nitrogens with two attached hydrogens (primary N) is 1. The summed E-state index contributed by atoms with van der Waals surface area (Å²) in [5.41, 5.74) is 8.86. The predicted octanol–water partition coefficient (Wildman–Crippen LogP) is 3.28. The monoisotopic (exact) mass is 298 g/mol. The lowest BCUT2D eigenvalue weighted by Crippen LogP contribution is -2.17. The minimum absolute atomic E-state index is 0.388. The van der Waals surface area contributed by atoms with Crippen LogP contribution in [0.4, 0.5) is 0 Å². The van der Waals surface area contributed by atoms with Crippen molar-refractivity contribution in [2.24, 2.45) is 5.73 Å². The van der Waals surface area contributed by atoms with Crippen molar-refractivity contribution in [3.05, 3.63) is 70.2 Å². The van der Waals surface area contributed by atoms with E-state index in [1.807, 2.05) is 30.3 Å². The molecule has 0 saturated heterocycles. The molecule has 0 fully saturated rings. The first-order valence-corrected chi connectivity index (χ1v) is 7.26. The lowest BCUT2D eigenvalue weighted by molar-refractivity contribution is 0.319. The third-order valence-electron chi connectivity index (χ3n) is 3.06. The smallest absolute Gasteiger partial charge is 0.0555 e. The molecule has 2 aromatic rings. The second-order valence-electron chi connectivity index (χ2n) is 5.01. The van der Waals surface area contributed by atoms with Gasteiger partial charge in [-0.05, 0) is 42.4 Å². The summed E-state index contributed by atoms with van der Waals surface area (Å²) in [5.74, 6) is 5.94. The molecule has 0 aliphatic rings. The van der Waals surface area contributed by atoms with E-state index >= 15 is 0 Å². The first-order valence-electron chi connectivity index (χ1n) is 6.88. The van der Waals surface area contributed by atoms with E-state index in [1.54, 1.807) is 0 Å². The Labute approximate surface area is 131 Å². The second kappa shape index (κ2) is 7.85. The molecule has 0 aromatic heterocycles. The molecular formula is C18H19ClN2. The van der Waals surface area contributed by atoms with Crippen LogP contribution in [-0.2, 0) is 13.1 Å². The van der Waals surface area contributed by atoms with Crippen LogP contribution >= 0.6 is 11.6 Å². The molecule has 21 heavy (non-hydrogen) atoms. The standard InChI is InChI=1S/C18H19ClN2/c1-21(14-17-7-3-9-18(19)12-17)13-16-6-2-5-15(11-16)8-4-10-20/h2-3,5-7,9,11-12H,10,13-14,20H2,1H3. The lowest BCUT2D eigenvalue weighted by atomic mass is 10.1. The number of hydrogen-bond acceptors (Lipinski definition) is 2. The van der Waals surface area contributed by atoms with E-state index in [1.165, 1.54) is 11.1 Å². The Morgan fingerprint density at radius 1 is 1.05 bits per heavy atom. The Bertz CT molecular complexity index is 656. The molecule has 108 valence electrons. The highest BCUT2D eigenvalue weighted by Gasteiger charge is 2.03. The normalized spacial score (nSPS) is 10.3. The third-order valence-corrected chi connectivity index (χ3v) is 3.29.